The van der Waals surface area contributed by atoms with Gasteiger partial charge >= 0.3 is 0 Å². The van der Waals surface area contributed by atoms with Crippen LogP contribution < -0.4 is 0 Å². The zero-order chi connectivity index (χ0) is 21.6. The molecule has 0 spiro atoms. The SMILES string of the molecule is C/C=C/C=C1/CCCC(O)C1.CC1CCCC1(C)C.CCCC(O)(CC)CC. The van der Waals surface area contributed by atoms with Gasteiger partial charge in [-0.3, -0.25) is 0 Å². The normalized spacial score (nSPS) is 25.8. The van der Waals surface area contributed by atoms with Gasteiger partial charge < -0.3 is 10.2 Å². The van der Waals surface area contributed by atoms with Crippen molar-refractivity contribution in [1.29, 1.82) is 0 Å². The predicted octanol–water partition coefficient (Wildman–Crippen LogP) is 7.59. The Morgan fingerprint density at radius 3 is 2.07 bits per heavy atom. The summed E-state index contributed by atoms with van der Waals surface area (Å²) in [5, 5.41) is 18.9. The fourth-order valence-electron chi connectivity index (χ4n) is 4.03. The molecule has 2 atom stereocenters. The smallest absolute Gasteiger partial charge is 0.0642 e. The van der Waals surface area contributed by atoms with Crippen LogP contribution >= 0.6 is 0 Å². The zero-order valence-corrected chi connectivity index (χ0v) is 20.1. The second kappa shape index (κ2) is 14.4. The first-order chi connectivity index (χ1) is 13.1. The second-order valence-corrected chi connectivity index (χ2v) is 9.56. The van der Waals surface area contributed by atoms with Crippen molar-refractivity contribution in [2.24, 2.45) is 11.3 Å². The molecule has 0 saturated heterocycles. The molecule has 2 N–H and O–H groups in total. The van der Waals surface area contributed by atoms with Crippen LogP contribution in [-0.4, -0.2) is 21.9 Å². The van der Waals surface area contributed by atoms with Crippen molar-refractivity contribution in [2.75, 3.05) is 0 Å². The van der Waals surface area contributed by atoms with Crippen molar-refractivity contribution >= 4 is 0 Å². The molecule has 2 heteroatoms. The molecule has 0 aliphatic heterocycles. The van der Waals surface area contributed by atoms with Gasteiger partial charge in [0.15, 0.2) is 0 Å². The molecule has 0 amide bonds. The van der Waals surface area contributed by atoms with Crippen LogP contribution in [-0.2, 0) is 0 Å². The maximum atomic E-state index is 9.63. The summed E-state index contributed by atoms with van der Waals surface area (Å²) < 4.78 is 0. The lowest BCUT2D eigenvalue weighted by Gasteiger charge is -2.23. The van der Waals surface area contributed by atoms with E-state index in [1.54, 1.807) is 0 Å². The minimum atomic E-state index is -0.366. The summed E-state index contributed by atoms with van der Waals surface area (Å²) in [6.07, 6.45) is 18.4. The van der Waals surface area contributed by atoms with E-state index in [2.05, 4.69) is 33.8 Å². The van der Waals surface area contributed by atoms with Crippen molar-refractivity contribution in [1.82, 2.24) is 0 Å². The lowest BCUT2D eigenvalue weighted by atomic mass is 9.83. The number of hydrogen-bond donors (Lipinski definition) is 2. The van der Waals surface area contributed by atoms with Gasteiger partial charge in [-0.05, 0) is 69.6 Å². The minimum absolute atomic E-state index is 0.0831. The molecule has 0 aromatic rings. The van der Waals surface area contributed by atoms with Gasteiger partial charge in [0.2, 0.25) is 0 Å². The Kier molecular flexibility index (Phi) is 14.1. The van der Waals surface area contributed by atoms with Crippen LogP contribution in [0, 0.1) is 11.3 Å². The Bertz CT molecular complexity index is 443. The Balaban J connectivity index is 0.000000396. The quantitative estimate of drug-likeness (QED) is 0.504. The van der Waals surface area contributed by atoms with Crippen LogP contribution in [0.4, 0.5) is 0 Å². The third-order valence-corrected chi connectivity index (χ3v) is 6.88. The Morgan fingerprint density at radius 2 is 1.75 bits per heavy atom. The lowest BCUT2D eigenvalue weighted by molar-refractivity contribution is 0.0230. The summed E-state index contributed by atoms with van der Waals surface area (Å²) >= 11 is 0. The molecule has 0 aromatic heterocycles. The summed E-state index contributed by atoms with van der Waals surface area (Å²) in [5.74, 6) is 0.961. The molecule has 28 heavy (non-hydrogen) atoms. The van der Waals surface area contributed by atoms with E-state index in [0.717, 1.165) is 50.9 Å². The molecule has 2 unspecified atom stereocenters. The summed E-state index contributed by atoms with van der Waals surface area (Å²) in [4.78, 5) is 0. The molecule has 2 rings (SSSR count). The van der Waals surface area contributed by atoms with E-state index in [9.17, 15) is 10.2 Å². The summed E-state index contributed by atoms with van der Waals surface area (Å²) in [7, 11) is 0. The van der Waals surface area contributed by atoms with Gasteiger partial charge in [-0.1, -0.05) is 84.6 Å². The summed E-state index contributed by atoms with van der Waals surface area (Å²) in [6, 6.07) is 0. The minimum Gasteiger partial charge on any atom is -0.393 e. The molecule has 2 aliphatic rings. The Hall–Kier alpha value is -0.600. The van der Waals surface area contributed by atoms with Crippen molar-refractivity contribution in [3.63, 3.8) is 0 Å². The maximum Gasteiger partial charge on any atom is 0.0642 e. The molecule has 2 saturated carbocycles. The van der Waals surface area contributed by atoms with E-state index < -0.39 is 0 Å². The molecule has 0 bridgehead atoms. The van der Waals surface area contributed by atoms with E-state index in [4.69, 9.17) is 0 Å². The highest BCUT2D eigenvalue weighted by Gasteiger charge is 2.30. The maximum absolute atomic E-state index is 9.63. The number of allylic oxidation sites excluding steroid dienone is 3. The first-order valence-electron chi connectivity index (χ1n) is 11.8. The van der Waals surface area contributed by atoms with Crippen LogP contribution in [0.15, 0.2) is 23.8 Å². The fraction of sp³-hybridized carbons (Fsp3) is 0.846. The van der Waals surface area contributed by atoms with Crippen molar-refractivity contribution in [2.45, 2.75) is 131 Å². The van der Waals surface area contributed by atoms with Gasteiger partial charge in [0.25, 0.3) is 0 Å². The van der Waals surface area contributed by atoms with Crippen LogP contribution in [0.5, 0.6) is 0 Å². The van der Waals surface area contributed by atoms with Crippen molar-refractivity contribution in [3.05, 3.63) is 23.8 Å². The van der Waals surface area contributed by atoms with Crippen LogP contribution in [0.3, 0.4) is 0 Å². The van der Waals surface area contributed by atoms with Crippen LogP contribution in [0.25, 0.3) is 0 Å². The molecule has 2 fully saturated rings. The predicted molar refractivity (Wildman–Crippen MR) is 125 cm³/mol. The average molecular weight is 395 g/mol. The topological polar surface area (TPSA) is 40.5 Å². The monoisotopic (exact) mass is 394 g/mol. The number of aliphatic hydroxyl groups is 2. The standard InChI is InChI=1S/C10H16O.C8H18O.C8H16/c1-2-3-5-9-6-4-7-10(11)8-9;1-4-7-8(9,5-2)6-3;1-7-5-4-6-8(7,2)3/h2-3,5,10-11H,4,6-8H2,1H3;9H,4-7H2,1-3H3;7H,4-6H2,1-3H3/b3-2+,9-5-;;. The molecule has 166 valence electrons. The molecule has 0 aromatic carbocycles. The molecule has 0 radical (unpaired) electrons. The average Bonchev–Trinajstić information content (AvgIpc) is 2.98. The van der Waals surface area contributed by atoms with Crippen LogP contribution in [0.1, 0.15) is 119 Å². The molecule has 0 heterocycles. The van der Waals surface area contributed by atoms with E-state index in [0.29, 0.717) is 5.41 Å². The van der Waals surface area contributed by atoms with E-state index >= 15 is 0 Å². The largest absolute Gasteiger partial charge is 0.393 e. The van der Waals surface area contributed by atoms with Crippen molar-refractivity contribution in [3.8, 4) is 0 Å². The molecular formula is C26H50O2. The number of rotatable bonds is 5. The molecule has 2 nitrogen and oxygen atoms in total. The molecule has 2 aliphatic carbocycles. The van der Waals surface area contributed by atoms with Gasteiger partial charge in [-0.25, -0.2) is 0 Å². The summed E-state index contributed by atoms with van der Waals surface area (Å²) in [6.45, 7) is 15.3. The zero-order valence-electron chi connectivity index (χ0n) is 20.1. The van der Waals surface area contributed by atoms with Crippen LogP contribution in [0.2, 0.25) is 0 Å². The van der Waals surface area contributed by atoms with Gasteiger partial charge in [-0.2, -0.15) is 0 Å². The van der Waals surface area contributed by atoms with E-state index in [-0.39, 0.29) is 11.7 Å². The van der Waals surface area contributed by atoms with Gasteiger partial charge in [0.05, 0.1) is 11.7 Å². The van der Waals surface area contributed by atoms with Gasteiger partial charge in [0, 0.05) is 0 Å². The van der Waals surface area contributed by atoms with E-state index in [1.807, 2.05) is 32.9 Å². The fourth-order valence-corrected chi connectivity index (χ4v) is 4.03. The van der Waals surface area contributed by atoms with Gasteiger partial charge in [-0.15, -0.1) is 0 Å². The third kappa shape index (κ3) is 11.4. The summed E-state index contributed by atoms with van der Waals surface area (Å²) in [5.41, 5.74) is 1.68. The van der Waals surface area contributed by atoms with Gasteiger partial charge in [0.1, 0.15) is 0 Å². The lowest BCUT2D eigenvalue weighted by Crippen LogP contribution is -2.25. The first-order valence-corrected chi connectivity index (χ1v) is 11.8. The molecular weight excluding hydrogens is 344 g/mol. The third-order valence-electron chi connectivity index (χ3n) is 6.88. The van der Waals surface area contributed by atoms with Crippen molar-refractivity contribution < 1.29 is 10.2 Å². The highest BCUT2D eigenvalue weighted by atomic mass is 16.3. The number of aliphatic hydroxyl groups excluding tert-OH is 1. The Labute approximate surface area is 176 Å². The highest BCUT2D eigenvalue weighted by Crippen LogP contribution is 2.41. The number of hydrogen-bond acceptors (Lipinski definition) is 2. The van der Waals surface area contributed by atoms with E-state index in [1.165, 1.54) is 31.3 Å². The highest BCUT2D eigenvalue weighted by molar-refractivity contribution is 5.14. The second-order valence-electron chi connectivity index (χ2n) is 9.56. The Morgan fingerprint density at radius 1 is 1.11 bits per heavy atom. The first kappa shape index (κ1) is 27.4.